The van der Waals surface area contributed by atoms with Gasteiger partial charge in [0.15, 0.2) is 17.3 Å². The number of aromatic nitrogens is 1. The van der Waals surface area contributed by atoms with Crippen molar-refractivity contribution in [2.45, 2.75) is 6.42 Å². The zero-order valence-corrected chi connectivity index (χ0v) is 12.3. The van der Waals surface area contributed by atoms with E-state index in [-0.39, 0.29) is 12.2 Å². The molecule has 0 spiro atoms. The molecule has 2 aromatic rings. The molecular weight excluding hydrogens is 278 g/mol. The standard InChI is InChI=1S/C14H15NO4S/c1-17-11-8-13(19-3)12(18-2)6-9(11)10(16)7-14-15-4-5-20-14/h4-6,8H,7H2,1-3H3. The van der Waals surface area contributed by atoms with Gasteiger partial charge in [0.25, 0.3) is 0 Å². The van der Waals surface area contributed by atoms with Gasteiger partial charge >= 0.3 is 0 Å². The topological polar surface area (TPSA) is 57.7 Å². The summed E-state index contributed by atoms with van der Waals surface area (Å²) in [7, 11) is 4.58. The fraction of sp³-hybridized carbons (Fsp3) is 0.286. The highest BCUT2D eigenvalue weighted by atomic mass is 32.1. The molecule has 0 N–H and O–H groups in total. The Bertz CT molecular complexity index is 595. The van der Waals surface area contributed by atoms with Gasteiger partial charge in [-0.2, -0.15) is 0 Å². The minimum atomic E-state index is -0.0715. The first-order valence-corrected chi connectivity index (χ1v) is 6.79. The molecule has 5 nitrogen and oxygen atoms in total. The van der Waals surface area contributed by atoms with Crippen molar-refractivity contribution in [1.82, 2.24) is 4.98 Å². The van der Waals surface area contributed by atoms with Crippen molar-refractivity contribution in [2.24, 2.45) is 0 Å². The molecule has 0 aliphatic carbocycles. The summed E-state index contributed by atoms with van der Waals surface area (Å²) in [5, 5.41) is 2.61. The van der Waals surface area contributed by atoms with E-state index in [9.17, 15) is 4.79 Å². The first-order chi connectivity index (χ1) is 9.69. The summed E-state index contributed by atoms with van der Waals surface area (Å²) in [6.45, 7) is 0. The lowest BCUT2D eigenvalue weighted by molar-refractivity contribution is 0.0989. The number of rotatable bonds is 6. The Hall–Kier alpha value is -2.08. The molecule has 1 heterocycles. The second-order valence-corrected chi connectivity index (χ2v) is 4.91. The SMILES string of the molecule is COc1cc(OC)c(C(=O)Cc2nccs2)cc1OC. The van der Waals surface area contributed by atoms with E-state index in [1.165, 1.54) is 32.7 Å². The van der Waals surface area contributed by atoms with Gasteiger partial charge in [0, 0.05) is 17.6 Å². The van der Waals surface area contributed by atoms with Crippen molar-refractivity contribution >= 4 is 17.1 Å². The maximum absolute atomic E-state index is 12.3. The fourth-order valence-corrected chi connectivity index (χ4v) is 2.43. The number of ether oxygens (including phenoxy) is 3. The molecule has 0 saturated heterocycles. The van der Waals surface area contributed by atoms with Crippen LogP contribution in [-0.4, -0.2) is 32.1 Å². The van der Waals surface area contributed by atoms with Crippen molar-refractivity contribution in [3.63, 3.8) is 0 Å². The zero-order valence-electron chi connectivity index (χ0n) is 11.5. The van der Waals surface area contributed by atoms with Crippen LogP contribution in [0.3, 0.4) is 0 Å². The number of hydrogen-bond acceptors (Lipinski definition) is 6. The molecule has 0 aliphatic heterocycles. The number of Topliss-reactive ketones (excluding diaryl/α,β-unsaturated/α-hetero) is 1. The summed E-state index contributed by atoms with van der Waals surface area (Å²) in [4.78, 5) is 16.5. The van der Waals surface area contributed by atoms with Gasteiger partial charge in [-0.05, 0) is 6.07 Å². The summed E-state index contributed by atoms with van der Waals surface area (Å²) < 4.78 is 15.7. The van der Waals surface area contributed by atoms with E-state index in [0.29, 0.717) is 22.8 Å². The number of ketones is 1. The number of carbonyl (C=O) groups is 1. The molecule has 0 atom stereocenters. The Balaban J connectivity index is 2.36. The van der Waals surface area contributed by atoms with E-state index >= 15 is 0 Å². The van der Waals surface area contributed by atoms with Crippen LogP contribution in [0.25, 0.3) is 0 Å². The van der Waals surface area contributed by atoms with Gasteiger partial charge in [-0.1, -0.05) is 0 Å². The van der Waals surface area contributed by atoms with E-state index in [1.807, 2.05) is 5.38 Å². The molecule has 106 valence electrons. The maximum atomic E-state index is 12.3. The molecule has 6 heteroatoms. The van der Waals surface area contributed by atoms with Crippen LogP contribution in [0.2, 0.25) is 0 Å². The Morgan fingerprint density at radius 2 is 1.75 bits per heavy atom. The summed E-state index contributed by atoms with van der Waals surface area (Å²) >= 11 is 1.45. The maximum Gasteiger partial charge on any atom is 0.173 e. The normalized spacial score (nSPS) is 10.2. The van der Waals surface area contributed by atoms with E-state index in [1.54, 1.807) is 18.3 Å². The van der Waals surface area contributed by atoms with Crippen LogP contribution in [0.5, 0.6) is 17.2 Å². The van der Waals surface area contributed by atoms with Gasteiger partial charge in [-0.15, -0.1) is 11.3 Å². The van der Waals surface area contributed by atoms with E-state index in [4.69, 9.17) is 14.2 Å². The van der Waals surface area contributed by atoms with E-state index < -0.39 is 0 Å². The van der Waals surface area contributed by atoms with Crippen molar-refractivity contribution in [2.75, 3.05) is 21.3 Å². The van der Waals surface area contributed by atoms with Crippen molar-refractivity contribution in [3.05, 3.63) is 34.3 Å². The van der Waals surface area contributed by atoms with Gasteiger partial charge in [0.2, 0.25) is 0 Å². The predicted octanol–water partition coefficient (Wildman–Crippen LogP) is 2.59. The van der Waals surface area contributed by atoms with Crippen molar-refractivity contribution in [1.29, 1.82) is 0 Å². The lowest BCUT2D eigenvalue weighted by Crippen LogP contribution is -2.07. The number of benzene rings is 1. The predicted molar refractivity (Wildman–Crippen MR) is 76.2 cm³/mol. The number of thiazole rings is 1. The Morgan fingerprint density at radius 3 is 2.30 bits per heavy atom. The molecule has 0 saturated carbocycles. The minimum Gasteiger partial charge on any atom is -0.496 e. The number of hydrogen-bond donors (Lipinski definition) is 0. The van der Waals surface area contributed by atoms with Gasteiger partial charge < -0.3 is 14.2 Å². The molecule has 20 heavy (non-hydrogen) atoms. The lowest BCUT2D eigenvalue weighted by Gasteiger charge is -2.13. The third-order valence-electron chi connectivity index (χ3n) is 2.80. The molecule has 0 fully saturated rings. The zero-order chi connectivity index (χ0) is 14.5. The van der Waals surface area contributed by atoms with E-state index in [2.05, 4.69) is 4.98 Å². The van der Waals surface area contributed by atoms with Crippen LogP contribution in [0, 0.1) is 0 Å². The van der Waals surface area contributed by atoms with Crippen LogP contribution < -0.4 is 14.2 Å². The monoisotopic (exact) mass is 293 g/mol. The summed E-state index contributed by atoms with van der Waals surface area (Å²) in [5.74, 6) is 1.41. The van der Waals surface area contributed by atoms with Gasteiger partial charge in [0.1, 0.15) is 10.8 Å². The van der Waals surface area contributed by atoms with Gasteiger partial charge in [-0.25, -0.2) is 4.98 Å². The summed E-state index contributed by atoms with van der Waals surface area (Å²) in [6, 6.07) is 3.28. The highest BCUT2D eigenvalue weighted by Crippen LogP contribution is 2.35. The second kappa shape index (κ2) is 6.38. The quantitative estimate of drug-likeness (QED) is 0.766. The molecule has 0 bridgehead atoms. The average molecular weight is 293 g/mol. The van der Waals surface area contributed by atoms with Gasteiger partial charge in [0.05, 0.1) is 33.3 Å². The first-order valence-electron chi connectivity index (χ1n) is 5.91. The Labute approximate surface area is 121 Å². The first kappa shape index (κ1) is 14.3. The number of carbonyl (C=O) groups excluding carboxylic acids is 1. The molecule has 0 aliphatic rings. The second-order valence-electron chi connectivity index (χ2n) is 3.93. The minimum absolute atomic E-state index is 0.0715. The van der Waals surface area contributed by atoms with E-state index in [0.717, 1.165) is 5.01 Å². The smallest absolute Gasteiger partial charge is 0.173 e. The third-order valence-corrected chi connectivity index (χ3v) is 3.58. The van der Waals surface area contributed by atoms with Crippen molar-refractivity contribution < 1.29 is 19.0 Å². The summed E-state index contributed by atoms with van der Waals surface area (Å²) in [6.07, 6.45) is 1.92. The molecule has 0 radical (unpaired) electrons. The largest absolute Gasteiger partial charge is 0.496 e. The van der Waals surface area contributed by atoms with Crippen LogP contribution in [0.4, 0.5) is 0 Å². The summed E-state index contributed by atoms with van der Waals surface area (Å²) in [5.41, 5.74) is 0.459. The molecule has 1 aromatic heterocycles. The lowest BCUT2D eigenvalue weighted by atomic mass is 10.1. The molecule has 1 aromatic carbocycles. The van der Waals surface area contributed by atoms with Crippen LogP contribution in [0.15, 0.2) is 23.7 Å². The highest BCUT2D eigenvalue weighted by Gasteiger charge is 2.18. The van der Waals surface area contributed by atoms with Gasteiger partial charge in [-0.3, -0.25) is 4.79 Å². The Morgan fingerprint density at radius 1 is 1.10 bits per heavy atom. The molecule has 0 unspecified atom stereocenters. The fourth-order valence-electron chi connectivity index (χ4n) is 1.82. The Kier molecular flexibility index (Phi) is 4.57. The molecule has 0 amide bonds. The number of methoxy groups -OCH3 is 3. The third kappa shape index (κ3) is 2.91. The average Bonchev–Trinajstić information content (AvgIpc) is 2.98. The molecular formula is C14H15NO4S. The van der Waals surface area contributed by atoms with Crippen LogP contribution in [-0.2, 0) is 6.42 Å². The number of nitrogens with zero attached hydrogens (tertiary/aromatic N) is 1. The molecule has 2 rings (SSSR count). The highest BCUT2D eigenvalue weighted by molar-refractivity contribution is 7.09. The van der Waals surface area contributed by atoms with Crippen LogP contribution >= 0.6 is 11.3 Å². The van der Waals surface area contributed by atoms with Crippen molar-refractivity contribution in [3.8, 4) is 17.2 Å². The van der Waals surface area contributed by atoms with Crippen LogP contribution in [0.1, 0.15) is 15.4 Å².